The van der Waals surface area contributed by atoms with Gasteiger partial charge in [-0.25, -0.2) is 9.78 Å². The van der Waals surface area contributed by atoms with Gasteiger partial charge >= 0.3 is 5.69 Å². The maximum atomic E-state index is 12.0. The van der Waals surface area contributed by atoms with Crippen molar-refractivity contribution in [2.24, 2.45) is 14.1 Å². The Balaban J connectivity index is 3.02. The topological polar surface area (TPSA) is 85.6 Å². The number of nitriles is 1. The predicted molar refractivity (Wildman–Crippen MR) is 60.5 cm³/mol. The summed E-state index contributed by atoms with van der Waals surface area (Å²) in [5.74, 6) is 0. The van der Waals surface area contributed by atoms with Gasteiger partial charge in [0.2, 0.25) is 0 Å². The number of aromatic nitrogens is 4. The first kappa shape index (κ1) is 11.1. The first-order valence-electron chi connectivity index (χ1n) is 5.01. The molecule has 7 heteroatoms. The molecule has 0 aliphatic carbocycles. The van der Waals surface area contributed by atoms with Crippen LogP contribution in [0, 0.1) is 11.3 Å². The highest BCUT2D eigenvalue weighted by Gasteiger charge is 2.16. The van der Waals surface area contributed by atoms with Crippen LogP contribution in [-0.2, 0) is 14.1 Å². The average molecular weight is 233 g/mol. The van der Waals surface area contributed by atoms with Gasteiger partial charge in [0, 0.05) is 14.1 Å². The molecule has 7 nitrogen and oxygen atoms in total. The first-order valence-corrected chi connectivity index (χ1v) is 5.01. The van der Waals surface area contributed by atoms with Gasteiger partial charge in [0.1, 0.15) is 6.04 Å². The Morgan fingerprint density at radius 1 is 1.35 bits per heavy atom. The van der Waals surface area contributed by atoms with Crippen molar-refractivity contribution >= 4 is 11.2 Å². The van der Waals surface area contributed by atoms with E-state index < -0.39 is 17.3 Å². The van der Waals surface area contributed by atoms with E-state index in [9.17, 15) is 9.59 Å². The first-order chi connectivity index (χ1) is 7.99. The molecule has 17 heavy (non-hydrogen) atoms. The molecule has 0 radical (unpaired) electrons. The molecule has 0 aliphatic heterocycles. The molecule has 0 amide bonds. The normalized spacial score (nSPS) is 12.6. The maximum absolute atomic E-state index is 12.0. The van der Waals surface area contributed by atoms with Crippen LogP contribution in [0.5, 0.6) is 0 Å². The standard InChI is InChI=1S/C10H11N5O2/c1-6(4-11)15-5-12-8-7(15)9(16)14(3)10(17)13(8)2/h5-6H,1-3H3/t6-/m1/s1. The summed E-state index contributed by atoms with van der Waals surface area (Å²) in [4.78, 5) is 27.7. The summed E-state index contributed by atoms with van der Waals surface area (Å²) in [5.41, 5.74) is -0.316. The van der Waals surface area contributed by atoms with Gasteiger partial charge in [-0.15, -0.1) is 0 Å². The Hall–Kier alpha value is -2.36. The van der Waals surface area contributed by atoms with Crippen LogP contribution in [0.15, 0.2) is 15.9 Å². The van der Waals surface area contributed by atoms with E-state index in [4.69, 9.17) is 5.26 Å². The van der Waals surface area contributed by atoms with Crippen LogP contribution in [0.25, 0.3) is 11.2 Å². The zero-order valence-corrected chi connectivity index (χ0v) is 9.71. The number of fused-ring (bicyclic) bond motifs is 1. The summed E-state index contributed by atoms with van der Waals surface area (Å²) in [5, 5.41) is 8.87. The SMILES string of the molecule is C[C@H](C#N)n1cnc2c1c(=O)n(C)c(=O)n2C. The summed E-state index contributed by atoms with van der Waals surface area (Å²) >= 11 is 0. The Bertz CT molecular complexity index is 743. The van der Waals surface area contributed by atoms with Crippen molar-refractivity contribution < 1.29 is 0 Å². The Kier molecular flexibility index (Phi) is 2.35. The summed E-state index contributed by atoms with van der Waals surface area (Å²) < 4.78 is 3.76. The highest BCUT2D eigenvalue weighted by atomic mass is 16.2. The van der Waals surface area contributed by atoms with E-state index in [1.54, 1.807) is 14.0 Å². The van der Waals surface area contributed by atoms with Gasteiger partial charge in [-0.05, 0) is 6.92 Å². The molecule has 2 heterocycles. The van der Waals surface area contributed by atoms with Crippen molar-refractivity contribution in [1.29, 1.82) is 5.26 Å². The second kappa shape index (κ2) is 3.59. The minimum absolute atomic E-state index is 0.267. The summed E-state index contributed by atoms with van der Waals surface area (Å²) in [6.07, 6.45) is 1.40. The largest absolute Gasteiger partial charge is 0.332 e. The zero-order valence-electron chi connectivity index (χ0n) is 9.71. The summed E-state index contributed by atoms with van der Waals surface area (Å²) in [6, 6.07) is 1.52. The molecule has 0 saturated carbocycles. The molecule has 0 N–H and O–H groups in total. The van der Waals surface area contributed by atoms with E-state index in [-0.39, 0.29) is 5.52 Å². The molecule has 2 aromatic heterocycles. The molecular formula is C10H11N5O2. The van der Waals surface area contributed by atoms with Crippen molar-refractivity contribution in [2.45, 2.75) is 13.0 Å². The zero-order chi connectivity index (χ0) is 12.7. The Labute approximate surface area is 96.2 Å². The number of imidazole rings is 1. The lowest BCUT2D eigenvalue weighted by Gasteiger charge is -2.07. The van der Waals surface area contributed by atoms with Gasteiger partial charge in [0.15, 0.2) is 11.2 Å². The van der Waals surface area contributed by atoms with E-state index in [2.05, 4.69) is 4.98 Å². The molecule has 0 bridgehead atoms. The fourth-order valence-electron chi connectivity index (χ4n) is 1.72. The van der Waals surface area contributed by atoms with Crippen LogP contribution in [0.4, 0.5) is 0 Å². The minimum Gasteiger partial charge on any atom is -0.308 e. The van der Waals surface area contributed by atoms with Gasteiger partial charge < -0.3 is 4.57 Å². The van der Waals surface area contributed by atoms with Crippen LogP contribution < -0.4 is 11.2 Å². The van der Waals surface area contributed by atoms with Crippen LogP contribution in [0.1, 0.15) is 13.0 Å². The number of hydrogen-bond donors (Lipinski definition) is 0. The van der Waals surface area contributed by atoms with Gasteiger partial charge in [0.25, 0.3) is 5.56 Å². The van der Waals surface area contributed by atoms with E-state index in [0.717, 1.165) is 4.57 Å². The third-order valence-electron chi connectivity index (χ3n) is 2.78. The van der Waals surface area contributed by atoms with Crippen molar-refractivity contribution in [1.82, 2.24) is 18.7 Å². The lowest BCUT2D eigenvalue weighted by molar-refractivity contribution is 0.672. The highest BCUT2D eigenvalue weighted by molar-refractivity contribution is 5.70. The number of aryl methyl sites for hydroxylation is 1. The summed E-state index contributed by atoms with van der Waals surface area (Å²) in [6.45, 7) is 1.66. The fraction of sp³-hybridized carbons (Fsp3) is 0.400. The molecule has 88 valence electrons. The molecule has 0 spiro atoms. The molecule has 1 atom stereocenters. The van der Waals surface area contributed by atoms with Crippen LogP contribution in [0.2, 0.25) is 0 Å². The second-order valence-electron chi connectivity index (χ2n) is 3.83. The van der Waals surface area contributed by atoms with E-state index in [0.29, 0.717) is 5.65 Å². The molecule has 0 saturated heterocycles. The molecule has 2 rings (SSSR count). The number of rotatable bonds is 1. The van der Waals surface area contributed by atoms with Gasteiger partial charge in [-0.2, -0.15) is 5.26 Å². The maximum Gasteiger partial charge on any atom is 0.332 e. The van der Waals surface area contributed by atoms with Crippen molar-refractivity contribution in [2.75, 3.05) is 0 Å². The van der Waals surface area contributed by atoms with Crippen molar-refractivity contribution in [3.05, 3.63) is 27.2 Å². The quantitative estimate of drug-likeness (QED) is 0.665. The predicted octanol–water partition coefficient (Wildman–Crippen LogP) is -0.482. The molecular weight excluding hydrogens is 222 g/mol. The van der Waals surface area contributed by atoms with E-state index in [1.165, 1.54) is 22.5 Å². The minimum atomic E-state index is -0.509. The number of hydrogen-bond acceptors (Lipinski definition) is 4. The lowest BCUT2D eigenvalue weighted by atomic mass is 10.3. The highest BCUT2D eigenvalue weighted by Crippen LogP contribution is 2.11. The third-order valence-corrected chi connectivity index (χ3v) is 2.78. The molecule has 0 unspecified atom stereocenters. The van der Waals surface area contributed by atoms with Crippen LogP contribution in [-0.4, -0.2) is 18.7 Å². The summed E-state index contributed by atoms with van der Waals surface area (Å²) in [7, 11) is 2.94. The van der Waals surface area contributed by atoms with Gasteiger partial charge in [-0.3, -0.25) is 13.9 Å². The van der Waals surface area contributed by atoms with E-state index >= 15 is 0 Å². The third kappa shape index (κ3) is 1.38. The molecule has 0 fully saturated rings. The Morgan fingerprint density at radius 3 is 2.59 bits per heavy atom. The average Bonchev–Trinajstić information content (AvgIpc) is 2.77. The fourth-order valence-corrected chi connectivity index (χ4v) is 1.72. The van der Waals surface area contributed by atoms with Gasteiger partial charge in [-0.1, -0.05) is 0 Å². The van der Waals surface area contributed by atoms with Crippen LogP contribution in [0.3, 0.4) is 0 Å². The van der Waals surface area contributed by atoms with E-state index in [1.807, 2.05) is 6.07 Å². The molecule has 0 aliphatic rings. The Morgan fingerprint density at radius 2 is 2.00 bits per heavy atom. The van der Waals surface area contributed by atoms with Gasteiger partial charge in [0.05, 0.1) is 12.4 Å². The van der Waals surface area contributed by atoms with Crippen LogP contribution >= 0.6 is 0 Å². The molecule has 2 aromatic rings. The molecule has 0 aromatic carbocycles. The van der Waals surface area contributed by atoms with Crippen molar-refractivity contribution in [3.63, 3.8) is 0 Å². The lowest BCUT2D eigenvalue weighted by Crippen LogP contribution is -2.37. The second-order valence-corrected chi connectivity index (χ2v) is 3.83. The smallest absolute Gasteiger partial charge is 0.308 e. The monoisotopic (exact) mass is 233 g/mol. The number of nitrogens with zero attached hydrogens (tertiary/aromatic N) is 5. The van der Waals surface area contributed by atoms with Crippen molar-refractivity contribution in [3.8, 4) is 6.07 Å².